The Morgan fingerprint density at radius 3 is 3.00 bits per heavy atom. The third-order valence-electron chi connectivity index (χ3n) is 3.22. The van der Waals surface area contributed by atoms with Crippen LogP contribution < -0.4 is 4.74 Å². The second kappa shape index (κ2) is 6.67. The third kappa shape index (κ3) is 3.67. The predicted molar refractivity (Wildman–Crippen MR) is 79.9 cm³/mol. The van der Waals surface area contributed by atoms with Gasteiger partial charge in [-0.05, 0) is 24.6 Å². The molecule has 0 radical (unpaired) electrons. The minimum Gasteiger partial charge on any atom is -0.507 e. The van der Waals surface area contributed by atoms with Crippen LogP contribution in [0.2, 0.25) is 0 Å². The van der Waals surface area contributed by atoms with Crippen molar-refractivity contribution < 1.29 is 19.7 Å². The summed E-state index contributed by atoms with van der Waals surface area (Å²) in [4.78, 5) is 12.1. The van der Waals surface area contributed by atoms with Gasteiger partial charge in [0.2, 0.25) is 0 Å². The fraction of sp³-hybridized carbons (Fsp3) is 0.235. The fourth-order valence-electron chi connectivity index (χ4n) is 2.03. The van der Waals surface area contributed by atoms with Gasteiger partial charge in [0.15, 0.2) is 5.78 Å². The van der Waals surface area contributed by atoms with Gasteiger partial charge in [0, 0.05) is 24.5 Å². The molecular weight excluding hydrogens is 268 g/mol. The van der Waals surface area contributed by atoms with Crippen molar-refractivity contribution in [3.05, 3.63) is 42.0 Å². The number of carbonyl (C=O) groups is 1. The summed E-state index contributed by atoms with van der Waals surface area (Å²) in [5.74, 6) is 5.27. The molecule has 0 aromatic heterocycles. The van der Waals surface area contributed by atoms with Crippen LogP contribution in [0.25, 0.3) is 5.76 Å². The molecule has 0 bridgehead atoms. The summed E-state index contributed by atoms with van der Waals surface area (Å²) in [6.45, 7) is 0. The second-order valence-corrected chi connectivity index (χ2v) is 4.64. The van der Waals surface area contributed by atoms with E-state index in [1.54, 1.807) is 18.2 Å². The van der Waals surface area contributed by atoms with Crippen LogP contribution in [-0.4, -0.2) is 23.1 Å². The summed E-state index contributed by atoms with van der Waals surface area (Å²) in [5, 5.41) is 19.9. The molecule has 0 spiro atoms. The molecule has 0 amide bonds. The van der Waals surface area contributed by atoms with E-state index in [4.69, 9.17) is 4.74 Å². The van der Waals surface area contributed by atoms with Crippen LogP contribution in [0.15, 0.2) is 36.4 Å². The molecule has 4 heteroatoms. The summed E-state index contributed by atoms with van der Waals surface area (Å²) in [5.41, 5.74) is 0.193. The smallest absolute Gasteiger partial charge is 0.166 e. The number of ether oxygens (including phenoxy) is 1. The molecule has 1 unspecified atom stereocenters. The number of aromatic hydroxyl groups is 1. The molecule has 2 rings (SSSR count). The topological polar surface area (TPSA) is 66.8 Å². The number of hydrogen-bond acceptors (Lipinski definition) is 4. The van der Waals surface area contributed by atoms with E-state index in [1.165, 1.54) is 19.2 Å². The first-order chi connectivity index (χ1) is 10.1. The van der Waals surface area contributed by atoms with Crippen molar-refractivity contribution in [2.75, 3.05) is 7.11 Å². The minimum absolute atomic E-state index is 0.143. The number of rotatable bonds is 4. The number of aliphatic hydroxyl groups is 1. The predicted octanol–water partition coefficient (Wildman–Crippen LogP) is 2.84. The maximum Gasteiger partial charge on any atom is 0.166 e. The molecule has 21 heavy (non-hydrogen) atoms. The van der Waals surface area contributed by atoms with Crippen LogP contribution in [0.3, 0.4) is 0 Å². The normalized spacial score (nSPS) is 17.6. The van der Waals surface area contributed by atoms with E-state index in [-0.39, 0.29) is 28.8 Å². The Labute approximate surface area is 123 Å². The third-order valence-corrected chi connectivity index (χ3v) is 3.22. The molecule has 0 fully saturated rings. The highest BCUT2D eigenvalue weighted by Crippen LogP contribution is 2.28. The lowest BCUT2D eigenvalue weighted by Gasteiger charge is -2.08. The first-order valence-electron chi connectivity index (χ1n) is 6.58. The number of ketones is 1. The van der Waals surface area contributed by atoms with Gasteiger partial charge in [-0.15, -0.1) is 0 Å². The Bertz CT molecular complexity index is 659. The molecule has 1 aromatic rings. The number of benzene rings is 1. The quantitative estimate of drug-likeness (QED) is 0.507. The average molecular weight is 284 g/mol. The number of phenols is 1. The lowest BCUT2D eigenvalue weighted by molar-refractivity contribution is -0.117. The number of carbonyl (C=O) groups excluding carboxylic acids is 1. The fourth-order valence-corrected chi connectivity index (χ4v) is 2.03. The molecule has 108 valence electrons. The monoisotopic (exact) mass is 284 g/mol. The van der Waals surface area contributed by atoms with Crippen molar-refractivity contribution >= 4 is 11.5 Å². The van der Waals surface area contributed by atoms with Gasteiger partial charge in [-0.2, -0.15) is 0 Å². The van der Waals surface area contributed by atoms with Crippen LogP contribution in [0.4, 0.5) is 0 Å². The maximum absolute atomic E-state index is 12.1. The van der Waals surface area contributed by atoms with Gasteiger partial charge in [0.1, 0.15) is 17.3 Å². The first kappa shape index (κ1) is 14.7. The Balaban J connectivity index is 2.19. The van der Waals surface area contributed by atoms with Crippen molar-refractivity contribution in [2.24, 2.45) is 5.92 Å². The van der Waals surface area contributed by atoms with Crippen LogP contribution in [0, 0.1) is 17.8 Å². The molecule has 0 saturated carbocycles. The Hall–Kier alpha value is -2.67. The summed E-state index contributed by atoms with van der Waals surface area (Å²) in [7, 11) is 1.48. The molecule has 1 aliphatic rings. The summed E-state index contributed by atoms with van der Waals surface area (Å²) in [6, 6.07) is 4.48. The molecule has 0 aliphatic heterocycles. The zero-order chi connectivity index (χ0) is 15.2. The molecule has 4 nitrogen and oxygen atoms in total. The van der Waals surface area contributed by atoms with Crippen LogP contribution >= 0.6 is 0 Å². The number of allylic oxidation sites excluding steroid dienone is 3. The summed E-state index contributed by atoms with van der Waals surface area (Å²) < 4.78 is 4.97. The van der Waals surface area contributed by atoms with E-state index < -0.39 is 0 Å². The van der Waals surface area contributed by atoms with Crippen molar-refractivity contribution in [3.63, 3.8) is 0 Å². The summed E-state index contributed by atoms with van der Waals surface area (Å²) in [6.07, 6.45) is 5.81. The van der Waals surface area contributed by atoms with Gasteiger partial charge < -0.3 is 14.9 Å². The van der Waals surface area contributed by atoms with Crippen molar-refractivity contribution in [3.8, 4) is 23.3 Å². The Kier molecular flexibility index (Phi) is 4.68. The van der Waals surface area contributed by atoms with Crippen molar-refractivity contribution in [2.45, 2.75) is 12.8 Å². The number of methoxy groups -OCH3 is 1. The highest BCUT2D eigenvalue weighted by atomic mass is 16.5. The molecule has 1 atom stereocenters. The van der Waals surface area contributed by atoms with E-state index in [0.29, 0.717) is 18.6 Å². The Morgan fingerprint density at radius 1 is 1.48 bits per heavy atom. The molecule has 1 aromatic carbocycles. The van der Waals surface area contributed by atoms with Gasteiger partial charge in [-0.25, -0.2) is 0 Å². The first-order valence-corrected chi connectivity index (χ1v) is 6.58. The van der Waals surface area contributed by atoms with Gasteiger partial charge in [0.05, 0.1) is 12.7 Å². The highest BCUT2D eigenvalue weighted by Gasteiger charge is 2.16. The maximum atomic E-state index is 12.1. The minimum atomic E-state index is -0.310. The van der Waals surface area contributed by atoms with Crippen LogP contribution in [-0.2, 0) is 4.79 Å². The molecule has 0 heterocycles. The van der Waals surface area contributed by atoms with Crippen molar-refractivity contribution in [1.82, 2.24) is 0 Å². The van der Waals surface area contributed by atoms with E-state index >= 15 is 0 Å². The zero-order valence-electron chi connectivity index (χ0n) is 11.7. The largest absolute Gasteiger partial charge is 0.507 e. The van der Waals surface area contributed by atoms with E-state index in [2.05, 4.69) is 11.8 Å². The van der Waals surface area contributed by atoms with Gasteiger partial charge in [0.25, 0.3) is 0 Å². The van der Waals surface area contributed by atoms with E-state index in [9.17, 15) is 15.0 Å². The van der Waals surface area contributed by atoms with Gasteiger partial charge >= 0.3 is 0 Å². The lowest BCUT2D eigenvalue weighted by atomic mass is 9.97. The molecular formula is C17H16O4. The molecule has 1 aliphatic carbocycles. The lowest BCUT2D eigenvalue weighted by Crippen LogP contribution is -2.09. The number of hydrogen-bond donors (Lipinski definition) is 2. The second-order valence-electron chi connectivity index (χ2n) is 4.64. The van der Waals surface area contributed by atoms with E-state index in [0.717, 1.165) is 6.08 Å². The zero-order valence-corrected chi connectivity index (χ0v) is 11.7. The SMILES string of the molecule is COc1ccc(C(O)=CC(=O)C2C=CC#CCC2)c(O)c1. The Morgan fingerprint density at radius 2 is 2.29 bits per heavy atom. The molecule has 2 N–H and O–H groups in total. The summed E-state index contributed by atoms with van der Waals surface area (Å²) >= 11 is 0. The number of phenolic OH excluding ortho intramolecular Hbond substituents is 1. The average Bonchev–Trinajstić information content (AvgIpc) is 2.75. The van der Waals surface area contributed by atoms with Gasteiger partial charge in [-0.3, -0.25) is 4.79 Å². The number of aliphatic hydroxyl groups excluding tert-OH is 1. The standard InChI is InChI=1S/C17H16O4/c1-21-13-8-9-14(16(19)10-13)17(20)11-15(18)12-6-4-2-3-5-7-12/h4,6,8-12,19-20H,5,7H2,1H3. The van der Waals surface area contributed by atoms with E-state index in [1.807, 2.05) is 0 Å². The highest BCUT2D eigenvalue weighted by molar-refractivity contribution is 5.98. The van der Waals surface area contributed by atoms with Crippen LogP contribution in [0.5, 0.6) is 11.5 Å². The molecule has 0 saturated heterocycles. The van der Waals surface area contributed by atoms with Gasteiger partial charge in [-0.1, -0.05) is 17.9 Å². The van der Waals surface area contributed by atoms with Crippen LogP contribution in [0.1, 0.15) is 18.4 Å². The van der Waals surface area contributed by atoms with Crippen molar-refractivity contribution in [1.29, 1.82) is 0 Å².